The number of esters is 4. The van der Waals surface area contributed by atoms with Gasteiger partial charge in [0.2, 0.25) is 0 Å². The Balaban J connectivity index is 1.21. The highest BCUT2D eigenvalue weighted by molar-refractivity contribution is 5.87. The molecule has 0 unspecified atom stereocenters. The van der Waals surface area contributed by atoms with E-state index in [2.05, 4.69) is 4.74 Å². The number of unbranched alkanes of at least 4 members (excludes halogenated alkanes) is 6. The lowest BCUT2D eigenvalue weighted by Gasteiger charge is -2.52. The molecule has 0 aromatic heterocycles. The van der Waals surface area contributed by atoms with Crippen LogP contribution in [-0.2, 0) is 114 Å². The third-order valence-electron chi connectivity index (χ3n) is 24.7. The van der Waals surface area contributed by atoms with E-state index in [1.54, 1.807) is 0 Å². The second-order valence-corrected chi connectivity index (χ2v) is 34.4. The molecular weight excluding hydrogens is 1700 g/mol. The minimum atomic E-state index is -2.37. The van der Waals surface area contributed by atoms with Crippen molar-refractivity contribution in [1.29, 1.82) is 0 Å². The largest absolute Gasteiger partial charge is 0.469 e. The molecule has 8 aliphatic heterocycles. The van der Waals surface area contributed by atoms with Gasteiger partial charge in [-0.15, -0.1) is 0 Å². The smallest absolute Gasteiger partial charge is 0.333 e. The van der Waals surface area contributed by atoms with Crippen molar-refractivity contribution in [3.05, 3.63) is 11.6 Å². The average molecular weight is 1840 g/mol. The van der Waals surface area contributed by atoms with E-state index >= 15 is 4.79 Å². The molecule has 45 atom stereocenters. The Bertz CT molecular complexity index is 3280. The second-order valence-electron chi connectivity index (χ2n) is 34.4. The van der Waals surface area contributed by atoms with Crippen LogP contribution in [0.25, 0.3) is 0 Å². The Morgan fingerprint density at radius 1 is 0.354 bits per heavy atom. The van der Waals surface area contributed by atoms with Crippen LogP contribution in [0.4, 0.5) is 0 Å². The van der Waals surface area contributed by atoms with Gasteiger partial charge in [0.1, 0.15) is 146 Å². The number of aliphatic hydroxyl groups is 20. The van der Waals surface area contributed by atoms with E-state index in [9.17, 15) is 117 Å². The molecule has 8 heterocycles. The molecule has 0 aromatic carbocycles. The highest BCUT2D eigenvalue weighted by Crippen LogP contribution is 2.42. The SMILES string of the molecule is C/C=C(\C)C(=O)O[C@H]1[C@H](O[C@@H]2O[C@@H](C)[C@H](O)[C@@H](O)[C@H]2O)[C@@H](O)[C@H](O[C@H]2[C@H](O[C@@H]3[C@@H](O[C@@H]4O[C@H](CO)[C@@H](OC(=O)[C@H](C)[C@@H](C)O)[C@H](O)[C@H]4O)[C@H](C)O[C@@H](O[C@H]4[C@H](O[C@H]5[C@H](O[C@@H](CCC)CCCCCCC[C@H](O)CC(=O)OC)O[C@H](C)[C@H](O)[C@@H]5O)O[C@H](CO)[C@@H](O)[C@@H]4O)[C@@H]3OC(=O)CCCCC[C@H](CCC)O[C@@H]3O[C@H](C)[C@@H](O)[C@H](O)[C@H]3O)O[C@H](CO)[C@@H](O)[C@@H]2O)O[C@@H]1C. The van der Waals surface area contributed by atoms with E-state index in [0.717, 1.165) is 12.8 Å². The Hall–Kier alpha value is -3.82. The Morgan fingerprint density at radius 2 is 0.740 bits per heavy atom. The third-order valence-corrected chi connectivity index (χ3v) is 24.7. The van der Waals surface area contributed by atoms with E-state index in [1.807, 2.05) is 13.8 Å². The first-order valence-electron chi connectivity index (χ1n) is 44.4. The molecule has 127 heavy (non-hydrogen) atoms. The fourth-order valence-corrected chi connectivity index (χ4v) is 16.4. The van der Waals surface area contributed by atoms with Crippen molar-refractivity contribution in [1.82, 2.24) is 0 Å². The molecule has 8 aliphatic rings. The molecular formula is C83H142O44. The zero-order chi connectivity index (χ0) is 93.9. The van der Waals surface area contributed by atoms with Crippen LogP contribution in [0.15, 0.2) is 11.6 Å². The van der Waals surface area contributed by atoms with Crippen molar-refractivity contribution in [3.8, 4) is 0 Å². The molecule has 8 fully saturated rings. The van der Waals surface area contributed by atoms with Crippen molar-refractivity contribution in [2.75, 3.05) is 26.9 Å². The summed E-state index contributed by atoms with van der Waals surface area (Å²) in [4.78, 5) is 53.9. The summed E-state index contributed by atoms with van der Waals surface area (Å²) in [5.74, 6) is -4.97. The Labute approximate surface area is 737 Å². The van der Waals surface area contributed by atoms with Crippen molar-refractivity contribution < 1.29 is 216 Å². The minimum absolute atomic E-state index is 0.00238. The number of allylic oxidation sites excluding steroid dienone is 1. The molecule has 0 radical (unpaired) electrons. The number of carbonyl (C=O) groups excluding carboxylic acids is 4. The lowest BCUT2D eigenvalue weighted by atomic mass is 9.94. The first-order chi connectivity index (χ1) is 60.2. The van der Waals surface area contributed by atoms with Gasteiger partial charge in [0.25, 0.3) is 0 Å². The lowest BCUT2D eigenvalue weighted by Crippen LogP contribution is -2.69. The molecule has 8 saturated heterocycles. The zero-order valence-corrected chi connectivity index (χ0v) is 73.9. The van der Waals surface area contributed by atoms with E-state index < -0.39 is 326 Å². The number of carbonyl (C=O) groups is 4. The maximum Gasteiger partial charge on any atom is 0.333 e. The average Bonchev–Trinajstić information content (AvgIpc) is 0.756. The number of ether oxygens (including phenoxy) is 20. The first-order valence-corrected chi connectivity index (χ1v) is 44.4. The normalized spacial score (nSPS) is 42.3. The highest BCUT2D eigenvalue weighted by atomic mass is 16.8. The van der Waals surface area contributed by atoms with Gasteiger partial charge < -0.3 is 197 Å². The zero-order valence-electron chi connectivity index (χ0n) is 73.9. The number of hydrogen-bond acceptors (Lipinski definition) is 44. The van der Waals surface area contributed by atoms with Gasteiger partial charge in [-0.25, -0.2) is 4.79 Å². The van der Waals surface area contributed by atoms with Gasteiger partial charge in [-0.2, -0.15) is 0 Å². The van der Waals surface area contributed by atoms with Gasteiger partial charge in [0.15, 0.2) is 68.6 Å². The molecule has 0 bridgehead atoms. The molecule has 20 N–H and O–H groups in total. The monoisotopic (exact) mass is 1840 g/mol. The van der Waals surface area contributed by atoms with E-state index in [0.29, 0.717) is 70.6 Å². The molecule has 0 aliphatic carbocycles. The summed E-state index contributed by atoms with van der Waals surface area (Å²) in [5.41, 5.74) is 0.0526. The minimum Gasteiger partial charge on any atom is -0.469 e. The van der Waals surface area contributed by atoms with Crippen LogP contribution in [0.5, 0.6) is 0 Å². The van der Waals surface area contributed by atoms with Gasteiger partial charge in [-0.05, 0) is 101 Å². The van der Waals surface area contributed by atoms with Crippen LogP contribution in [0.2, 0.25) is 0 Å². The van der Waals surface area contributed by atoms with Crippen LogP contribution in [0.1, 0.15) is 185 Å². The van der Waals surface area contributed by atoms with E-state index in [4.69, 9.17) is 90.0 Å². The van der Waals surface area contributed by atoms with Gasteiger partial charge in [0.05, 0.1) is 94.2 Å². The summed E-state index contributed by atoms with van der Waals surface area (Å²) >= 11 is 0. The quantitative estimate of drug-likeness (QED) is 0.0118. The number of methoxy groups -OCH3 is 1. The standard InChI is InChI=1S/C83H142O44/c1-13-24-43(114-76-61(102)55(96)50(91)37(7)109-76)28-22-19-23-29-48(89)119-73-72(127-82-70(58(99)53(94)46(32-85)117-82)124-79-64(105)68(65(40(10)112-79)120-74(106)34(4)15-3)123-77-62(103)56(97)51(92)38(8)110-77)66(122-78-63(104)60(101)67(47(33-86)118-78)121-75(107)35(5)36(6)87)41(11)113-83(73)126-71-59(100)54(95)45(31-84)116-81(71)125-69-57(98)52(93)39(9)111-80(69)115-44(25-14-2)27-21-18-16-17-20-26-42(88)30-49(90)108-12/h15,35-47,50-73,76-88,91-105H,13-14,16-33H2,1-12H3/b34-15+/t35-,36-,37-,38+,39-,40-,41+,42+,43+,44+,45-,46-,47-,50-,51+,52+,53-,54-,55+,56-,57+,58+,59+,60-,61-,62-,63-,64-,65-,66+,67-,68-,69-,70-,71-,72-,73-,76+,77+,78+,79+,80+,81+,82+,83+/m1/s1. The highest BCUT2D eigenvalue weighted by Gasteiger charge is 2.62. The van der Waals surface area contributed by atoms with Gasteiger partial charge in [-0.1, -0.05) is 77.7 Å². The van der Waals surface area contributed by atoms with Crippen LogP contribution in [0.3, 0.4) is 0 Å². The van der Waals surface area contributed by atoms with Gasteiger partial charge >= 0.3 is 23.9 Å². The van der Waals surface area contributed by atoms with E-state index in [1.165, 1.54) is 75.5 Å². The molecule has 44 heteroatoms. The van der Waals surface area contributed by atoms with Crippen molar-refractivity contribution in [3.63, 3.8) is 0 Å². The van der Waals surface area contributed by atoms with Crippen molar-refractivity contribution in [2.45, 2.75) is 455 Å². The Morgan fingerprint density at radius 3 is 1.27 bits per heavy atom. The summed E-state index contributed by atoms with van der Waals surface area (Å²) in [6.07, 6.45) is -71.4. The number of aliphatic hydroxyl groups excluding tert-OH is 20. The first kappa shape index (κ1) is 109. The summed E-state index contributed by atoms with van der Waals surface area (Å²) in [5, 5.41) is 227. The molecule has 0 saturated carbocycles. The van der Waals surface area contributed by atoms with Crippen molar-refractivity contribution >= 4 is 23.9 Å². The molecule has 0 aromatic rings. The van der Waals surface area contributed by atoms with Crippen LogP contribution < -0.4 is 0 Å². The van der Waals surface area contributed by atoms with Crippen molar-refractivity contribution in [2.24, 2.45) is 5.92 Å². The maximum atomic E-state index is 15.2. The van der Waals surface area contributed by atoms with Crippen LogP contribution >= 0.6 is 0 Å². The predicted molar refractivity (Wildman–Crippen MR) is 426 cm³/mol. The lowest BCUT2D eigenvalue weighted by molar-refractivity contribution is -0.416. The Kier molecular flexibility index (Phi) is 43.8. The summed E-state index contributed by atoms with van der Waals surface area (Å²) in [7, 11) is 1.24. The molecule has 0 spiro atoms. The van der Waals surface area contributed by atoms with Crippen LogP contribution in [-0.4, -0.2) is 423 Å². The molecule has 44 nitrogen and oxygen atoms in total. The fourth-order valence-electron chi connectivity index (χ4n) is 16.4. The van der Waals surface area contributed by atoms with E-state index in [-0.39, 0.29) is 24.8 Å². The topological polar surface area (TPSA) is 657 Å². The number of hydrogen-bond donors (Lipinski definition) is 20. The maximum absolute atomic E-state index is 15.2. The second kappa shape index (κ2) is 51.2. The van der Waals surface area contributed by atoms with Gasteiger partial charge in [-0.3, -0.25) is 14.4 Å². The van der Waals surface area contributed by atoms with Crippen LogP contribution in [0, 0.1) is 5.92 Å². The number of rotatable bonds is 45. The molecule has 738 valence electrons. The molecule has 0 amide bonds. The summed E-state index contributed by atoms with van der Waals surface area (Å²) < 4.78 is 124. The fraction of sp³-hybridized carbons (Fsp3) is 0.928. The predicted octanol–water partition coefficient (Wildman–Crippen LogP) is -4.72. The summed E-state index contributed by atoms with van der Waals surface area (Å²) in [6.45, 7) is 12.9. The van der Waals surface area contributed by atoms with Gasteiger partial charge in [0, 0.05) is 12.0 Å². The summed E-state index contributed by atoms with van der Waals surface area (Å²) in [6, 6.07) is 0. The third kappa shape index (κ3) is 28.2. The molecule has 8 rings (SSSR count).